The van der Waals surface area contributed by atoms with Crippen molar-refractivity contribution >= 4 is 17.4 Å². The Labute approximate surface area is 124 Å². The van der Waals surface area contributed by atoms with Gasteiger partial charge in [0.15, 0.2) is 0 Å². The number of pyridine rings is 1. The van der Waals surface area contributed by atoms with Gasteiger partial charge in [-0.2, -0.15) is 0 Å². The van der Waals surface area contributed by atoms with Gasteiger partial charge < -0.3 is 10.1 Å². The van der Waals surface area contributed by atoms with Crippen molar-refractivity contribution in [3.05, 3.63) is 52.7 Å². The minimum atomic E-state index is 0.447. The average Bonchev–Trinajstić information content (AvgIpc) is 2.47. The summed E-state index contributed by atoms with van der Waals surface area (Å²) >= 11 is 5.99. The number of aryl methyl sites for hydroxylation is 1. The molecule has 2 aromatic rings. The predicted molar refractivity (Wildman–Crippen MR) is 83.5 cm³/mol. The summed E-state index contributed by atoms with van der Waals surface area (Å²) in [4.78, 5) is 4.50. The number of benzene rings is 1. The lowest BCUT2D eigenvalue weighted by molar-refractivity contribution is 0.301. The Balaban J connectivity index is 1.97. The average molecular weight is 291 g/mol. The maximum atomic E-state index is 5.99. The van der Waals surface area contributed by atoms with Crippen molar-refractivity contribution in [3.8, 4) is 5.75 Å². The molecule has 2 rings (SSSR count). The van der Waals surface area contributed by atoms with Gasteiger partial charge in [0.05, 0.1) is 5.69 Å². The molecule has 0 saturated carbocycles. The molecular formula is C16H19ClN2O. The van der Waals surface area contributed by atoms with E-state index in [9.17, 15) is 0 Å². The molecule has 1 aromatic heterocycles. The molecule has 1 N–H and O–H groups in total. The first-order chi connectivity index (χ1) is 9.69. The van der Waals surface area contributed by atoms with Crippen LogP contribution in [0.5, 0.6) is 5.75 Å². The third kappa shape index (κ3) is 4.14. The van der Waals surface area contributed by atoms with Crippen LogP contribution in [-0.2, 0) is 6.61 Å². The molecular weight excluding hydrogens is 272 g/mol. The Bertz CT molecular complexity index is 572. The van der Waals surface area contributed by atoms with E-state index in [1.807, 2.05) is 43.3 Å². The van der Waals surface area contributed by atoms with Crippen molar-refractivity contribution in [1.82, 2.24) is 4.98 Å². The fraction of sp³-hybridized carbons (Fsp3) is 0.312. The van der Waals surface area contributed by atoms with Gasteiger partial charge in [0.25, 0.3) is 0 Å². The molecule has 0 aliphatic heterocycles. The van der Waals surface area contributed by atoms with E-state index >= 15 is 0 Å². The summed E-state index contributed by atoms with van der Waals surface area (Å²) in [5.74, 6) is 1.70. The molecule has 0 atom stereocenters. The number of ether oxygens (including phenoxy) is 1. The van der Waals surface area contributed by atoms with Crippen LogP contribution in [0.1, 0.15) is 24.6 Å². The highest BCUT2D eigenvalue weighted by Gasteiger charge is 2.01. The number of aromatic nitrogens is 1. The molecule has 0 bridgehead atoms. The number of nitrogens with zero attached hydrogens (tertiary/aromatic N) is 1. The number of hydrogen-bond acceptors (Lipinski definition) is 3. The molecule has 0 amide bonds. The first-order valence-corrected chi connectivity index (χ1v) is 7.15. The zero-order chi connectivity index (χ0) is 14.4. The van der Waals surface area contributed by atoms with Crippen molar-refractivity contribution in [1.29, 1.82) is 0 Å². The maximum Gasteiger partial charge on any atom is 0.130 e. The Kier molecular flexibility index (Phi) is 5.24. The van der Waals surface area contributed by atoms with Crippen LogP contribution in [0.3, 0.4) is 0 Å². The zero-order valence-corrected chi connectivity index (χ0v) is 12.6. The number of nitrogens with one attached hydrogen (secondary N) is 1. The minimum Gasteiger partial charge on any atom is -0.487 e. The van der Waals surface area contributed by atoms with Crippen molar-refractivity contribution in [2.45, 2.75) is 26.9 Å². The highest BCUT2D eigenvalue weighted by molar-refractivity contribution is 6.31. The Morgan fingerprint density at radius 2 is 2.10 bits per heavy atom. The second-order valence-electron chi connectivity index (χ2n) is 4.64. The maximum absolute atomic E-state index is 5.99. The normalized spacial score (nSPS) is 10.3. The van der Waals surface area contributed by atoms with Gasteiger partial charge in [-0.05, 0) is 49.2 Å². The van der Waals surface area contributed by atoms with Gasteiger partial charge >= 0.3 is 0 Å². The Morgan fingerprint density at radius 3 is 2.85 bits per heavy atom. The van der Waals surface area contributed by atoms with Crippen molar-refractivity contribution in [2.24, 2.45) is 0 Å². The van der Waals surface area contributed by atoms with E-state index in [1.54, 1.807) is 0 Å². The topological polar surface area (TPSA) is 34.1 Å². The second-order valence-corrected chi connectivity index (χ2v) is 5.05. The van der Waals surface area contributed by atoms with Gasteiger partial charge in [0.2, 0.25) is 0 Å². The van der Waals surface area contributed by atoms with Gasteiger partial charge in [-0.25, -0.2) is 4.98 Å². The molecule has 1 heterocycles. The molecule has 3 nitrogen and oxygen atoms in total. The Morgan fingerprint density at radius 1 is 1.25 bits per heavy atom. The minimum absolute atomic E-state index is 0.447. The lowest BCUT2D eigenvalue weighted by atomic mass is 10.2. The molecule has 0 unspecified atom stereocenters. The van der Waals surface area contributed by atoms with E-state index in [2.05, 4.69) is 17.2 Å². The quantitative estimate of drug-likeness (QED) is 0.854. The van der Waals surface area contributed by atoms with E-state index in [1.165, 1.54) is 0 Å². The SMILES string of the molecule is CCCNc1cccc(COc2ccc(Cl)c(C)c2)n1. The molecule has 1 aromatic carbocycles. The third-order valence-corrected chi connectivity index (χ3v) is 3.30. The van der Waals surface area contributed by atoms with Crippen molar-refractivity contribution in [2.75, 3.05) is 11.9 Å². The van der Waals surface area contributed by atoms with Crippen molar-refractivity contribution < 1.29 is 4.74 Å². The second kappa shape index (κ2) is 7.15. The lowest BCUT2D eigenvalue weighted by Crippen LogP contribution is -2.04. The fourth-order valence-electron chi connectivity index (χ4n) is 1.78. The number of rotatable bonds is 6. The van der Waals surface area contributed by atoms with Gasteiger partial charge in [-0.1, -0.05) is 24.6 Å². The van der Waals surface area contributed by atoms with Crippen LogP contribution in [0, 0.1) is 6.92 Å². The first kappa shape index (κ1) is 14.7. The summed E-state index contributed by atoms with van der Waals surface area (Å²) in [6.45, 7) is 5.46. The molecule has 4 heteroatoms. The van der Waals surface area contributed by atoms with E-state index in [0.29, 0.717) is 6.61 Å². The van der Waals surface area contributed by atoms with E-state index < -0.39 is 0 Å². The highest BCUT2D eigenvalue weighted by Crippen LogP contribution is 2.21. The highest BCUT2D eigenvalue weighted by atomic mass is 35.5. The Hall–Kier alpha value is -1.74. The lowest BCUT2D eigenvalue weighted by Gasteiger charge is -2.09. The molecule has 0 aliphatic carbocycles. The van der Waals surface area contributed by atoms with Crippen LogP contribution in [0.25, 0.3) is 0 Å². The van der Waals surface area contributed by atoms with Crippen molar-refractivity contribution in [3.63, 3.8) is 0 Å². The molecule has 0 radical (unpaired) electrons. The van der Waals surface area contributed by atoms with Crippen LogP contribution in [-0.4, -0.2) is 11.5 Å². The first-order valence-electron chi connectivity index (χ1n) is 6.78. The van der Waals surface area contributed by atoms with Crippen LogP contribution in [0.15, 0.2) is 36.4 Å². The van der Waals surface area contributed by atoms with Crippen LogP contribution in [0.2, 0.25) is 5.02 Å². The molecule has 0 aliphatic rings. The van der Waals surface area contributed by atoms with E-state index in [-0.39, 0.29) is 0 Å². The summed E-state index contributed by atoms with van der Waals surface area (Å²) in [5.41, 5.74) is 1.91. The van der Waals surface area contributed by atoms with E-state index in [4.69, 9.17) is 16.3 Å². The summed E-state index contributed by atoms with van der Waals surface area (Å²) in [7, 11) is 0. The standard InChI is InChI=1S/C16H19ClN2O/c1-3-9-18-16-6-4-5-13(19-16)11-20-14-7-8-15(17)12(2)10-14/h4-8,10H,3,9,11H2,1-2H3,(H,18,19). The zero-order valence-electron chi connectivity index (χ0n) is 11.8. The monoisotopic (exact) mass is 290 g/mol. The molecule has 20 heavy (non-hydrogen) atoms. The smallest absolute Gasteiger partial charge is 0.130 e. The molecule has 0 saturated heterocycles. The largest absolute Gasteiger partial charge is 0.487 e. The molecule has 106 valence electrons. The van der Waals surface area contributed by atoms with Gasteiger partial charge in [0, 0.05) is 11.6 Å². The molecule has 0 fully saturated rings. The van der Waals surface area contributed by atoms with Crippen LogP contribution >= 0.6 is 11.6 Å². The van der Waals surface area contributed by atoms with Crippen LogP contribution in [0.4, 0.5) is 5.82 Å². The summed E-state index contributed by atoms with van der Waals surface area (Å²) in [6, 6.07) is 11.6. The summed E-state index contributed by atoms with van der Waals surface area (Å²) < 4.78 is 5.74. The predicted octanol–water partition coefficient (Wildman–Crippen LogP) is 4.44. The fourth-order valence-corrected chi connectivity index (χ4v) is 1.89. The summed E-state index contributed by atoms with van der Waals surface area (Å²) in [5, 5.41) is 4.02. The van der Waals surface area contributed by atoms with Gasteiger partial charge in [-0.3, -0.25) is 0 Å². The van der Waals surface area contributed by atoms with Gasteiger partial charge in [-0.15, -0.1) is 0 Å². The van der Waals surface area contributed by atoms with E-state index in [0.717, 1.165) is 40.8 Å². The number of hydrogen-bond donors (Lipinski definition) is 1. The molecule has 0 spiro atoms. The third-order valence-electron chi connectivity index (χ3n) is 2.88. The van der Waals surface area contributed by atoms with Crippen LogP contribution < -0.4 is 10.1 Å². The number of halogens is 1. The number of anilines is 1. The van der Waals surface area contributed by atoms with Gasteiger partial charge in [0.1, 0.15) is 18.2 Å². The summed E-state index contributed by atoms with van der Waals surface area (Å²) in [6.07, 6.45) is 1.08.